The van der Waals surface area contributed by atoms with Crippen molar-refractivity contribution in [1.29, 1.82) is 0 Å². The number of rotatable bonds is 6. The van der Waals surface area contributed by atoms with Crippen LogP contribution in [-0.4, -0.2) is 28.5 Å². The van der Waals surface area contributed by atoms with E-state index in [0.29, 0.717) is 34.4 Å². The summed E-state index contributed by atoms with van der Waals surface area (Å²) in [4.78, 5) is 40.7. The molecule has 3 rings (SSSR count). The summed E-state index contributed by atoms with van der Waals surface area (Å²) in [7, 11) is 1.29. The molecule has 0 aliphatic heterocycles. The Labute approximate surface area is 153 Å². The number of benzene rings is 1. The number of carbonyl (C=O) groups excluding carboxylic acids is 2. The zero-order valence-electron chi connectivity index (χ0n) is 14.1. The lowest BCUT2D eigenvalue weighted by atomic mass is 10.2. The SMILES string of the molecule is COC(=O)c1sccc1NC(=O)CCCn1cnc2ccccc2c1=O. The molecule has 0 aliphatic carbocycles. The summed E-state index contributed by atoms with van der Waals surface area (Å²) in [6.45, 7) is 0.386. The zero-order chi connectivity index (χ0) is 18.5. The van der Waals surface area contributed by atoms with E-state index >= 15 is 0 Å². The molecule has 0 radical (unpaired) electrons. The fraction of sp³-hybridized carbons (Fsp3) is 0.222. The van der Waals surface area contributed by atoms with Crippen LogP contribution in [-0.2, 0) is 16.1 Å². The number of aromatic nitrogens is 2. The molecule has 0 aliphatic rings. The molecule has 1 N–H and O–H groups in total. The van der Waals surface area contributed by atoms with Crippen molar-refractivity contribution in [2.24, 2.45) is 0 Å². The lowest BCUT2D eigenvalue weighted by Crippen LogP contribution is -2.21. The van der Waals surface area contributed by atoms with Crippen LogP contribution in [0.3, 0.4) is 0 Å². The maximum absolute atomic E-state index is 12.4. The van der Waals surface area contributed by atoms with Gasteiger partial charge in [-0.3, -0.25) is 14.2 Å². The maximum Gasteiger partial charge on any atom is 0.350 e. The summed E-state index contributed by atoms with van der Waals surface area (Å²) in [6.07, 6.45) is 2.19. The Morgan fingerprint density at radius 3 is 2.88 bits per heavy atom. The third kappa shape index (κ3) is 3.80. The Kier molecular flexibility index (Phi) is 5.43. The number of nitrogens with one attached hydrogen (secondary N) is 1. The number of amides is 1. The van der Waals surface area contributed by atoms with Crippen LogP contribution >= 0.6 is 11.3 Å². The number of carbonyl (C=O) groups is 2. The molecular formula is C18H17N3O4S. The molecule has 8 heteroatoms. The van der Waals surface area contributed by atoms with E-state index in [1.165, 1.54) is 29.3 Å². The van der Waals surface area contributed by atoms with Crippen molar-refractivity contribution in [2.45, 2.75) is 19.4 Å². The van der Waals surface area contributed by atoms with E-state index in [2.05, 4.69) is 15.0 Å². The highest BCUT2D eigenvalue weighted by Gasteiger charge is 2.15. The van der Waals surface area contributed by atoms with Gasteiger partial charge in [-0.2, -0.15) is 0 Å². The van der Waals surface area contributed by atoms with Gasteiger partial charge in [0.15, 0.2) is 0 Å². The Bertz CT molecular complexity index is 1010. The van der Waals surface area contributed by atoms with E-state index < -0.39 is 5.97 Å². The van der Waals surface area contributed by atoms with Gasteiger partial charge in [0, 0.05) is 13.0 Å². The highest BCUT2D eigenvalue weighted by Crippen LogP contribution is 2.23. The fourth-order valence-corrected chi connectivity index (χ4v) is 3.31. The highest BCUT2D eigenvalue weighted by molar-refractivity contribution is 7.12. The second-order valence-electron chi connectivity index (χ2n) is 5.57. The van der Waals surface area contributed by atoms with Gasteiger partial charge in [0.1, 0.15) is 4.88 Å². The van der Waals surface area contributed by atoms with Gasteiger partial charge >= 0.3 is 5.97 Å². The minimum absolute atomic E-state index is 0.123. The molecule has 134 valence electrons. The van der Waals surface area contributed by atoms with Crippen molar-refractivity contribution in [2.75, 3.05) is 12.4 Å². The Balaban J connectivity index is 1.59. The molecule has 0 unspecified atom stereocenters. The normalized spacial score (nSPS) is 10.7. The second-order valence-corrected chi connectivity index (χ2v) is 6.48. The minimum Gasteiger partial charge on any atom is -0.465 e. The summed E-state index contributed by atoms with van der Waals surface area (Å²) in [5.41, 5.74) is 0.970. The first-order valence-electron chi connectivity index (χ1n) is 8.00. The van der Waals surface area contributed by atoms with E-state index in [1.54, 1.807) is 29.6 Å². The number of anilines is 1. The van der Waals surface area contributed by atoms with Gasteiger partial charge in [0.05, 0.1) is 30.0 Å². The van der Waals surface area contributed by atoms with Crippen LogP contribution in [0.15, 0.2) is 46.8 Å². The van der Waals surface area contributed by atoms with E-state index in [1.807, 2.05) is 6.07 Å². The largest absolute Gasteiger partial charge is 0.465 e. The predicted molar refractivity (Wildman–Crippen MR) is 99.5 cm³/mol. The van der Waals surface area contributed by atoms with Gasteiger partial charge in [-0.15, -0.1) is 11.3 Å². The quantitative estimate of drug-likeness (QED) is 0.673. The number of hydrogen-bond acceptors (Lipinski definition) is 6. The molecule has 0 saturated heterocycles. The first-order chi connectivity index (χ1) is 12.6. The van der Waals surface area contributed by atoms with Gasteiger partial charge in [-0.25, -0.2) is 9.78 Å². The zero-order valence-corrected chi connectivity index (χ0v) is 14.9. The molecule has 0 bridgehead atoms. The molecule has 7 nitrogen and oxygen atoms in total. The second kappa shape index (κ2) is 7.92. The molecule has 26 heavy (non-hydrogen) atoms. The first kappa shape index (κ1) is 17.8. The summed E-state index contributed by atoms with van der Waals surface area (Å²) in [6, 6.07) is 8.80. The maximum atomic E-state index is 12.4. The van der Waals surface area contributed by atoms with Crippen LogP contribution in [0.5, 0.6) is 0 Å². The number of nitrogens with zero attached hydrogens (tertiary/aromatic N) is 2. The smallest absolute Gasteiger partial charge is 0.350 e. The monoisotopic (exact) mass is 371 g/mol. The molecular weight excluding hydrogens is 354 g/mol. The number of aryl methyl sites for hydroxylation is 1. The number of thiophene rings is 1. The number of hydrogen-bond donors (Lipinski definition) is 1. The van der Waals surface area contributed by atoms with Gasteiger partial charge in [-0.1, -0.05) is 12.1 Å². The van der Waals surface area contributed by atoms with Gasteiger partial charge in [0.25, 0.3) is 5.56 Å². The fourth-order valence-electron chi connectivity index (χ4n) is 2.55. The standard InChI is InChI=1S/C18H17N3O4S/c1-25-18(24)16-14(8-10-26-16)20-15(22)7-4-9-21-11-19-13-6-3-2-5-12(13)17(21)23/h2-3,5-6,8,10-11H,4,7,9H2,1H3,(H,20,22). The lowest BCUT2D eigenvalue weighted by molar-refractivity contribution is -0.116. The molecule has 2 heterocycles. The molecule has 0 saturated carbocycles. The van der Waals surface area contributed by atoms with E-state index in [9.17, 15) is 14.4 Å². The molecule has 0 spiro atoms. The average Bonchev–Trinajstić information content (AvgIpc) is 3.11. The van der Waals surface area contributed by atoms with Gasteiger partial charge in [-0.05, 0) is 30.0 Å². The minimum atomic E-state index is -0.482. The third-order valence-electron chi connectivity index (χ3n) is 3.84. The number of methoxy groups -OCH3 is 1. The number of esters is 1. The molecule has 2 aromatic heterocycles. The van der Waals surface area contributed by atoms with Crippen LogP contribution in [0.1, 0.15) is 22.5 Å². The molecule has 0 fully saturated rings. The number of ether oxygens (including phenoxy) is 1. The van der Waals surface area contributed by atoms with Crippen LogP contribution in [0.4, 0.5) is 5.69 Å². The van der Waals surface area contributed by atoms with Crippen molar-refractivity contribution >= 4 is 39.8 Å². The van der Waals surface area contributed by atoms with E-state index in [0.717, 1.165) is 0 Å². The molecule has 1 aromatic carbocycles. The van der Waals surface area contributed by atoms with Crippen molar-refractivity contribution < 1.29 is 14.3 Å². The van der Waals surface area contributed by atoms with Crippen molar-refractivity contribution in [3.05, 3.63) is 57.3 Å². The topological polar surface area (TPSA) is 90.3 Å². The van der Waals surface area contributed by atoms with E-state index in [-0.39, 0.29) is 17.9 Å². The van der Waals surface area contributed by atoms with Gasteiger partial charge < -0.3 is 10.1 Å². The Morgan fingerprint density at radius 1 is 1.27 bits per heavy atom. The van der Waals surface area contributed by atoms with Crippen molar-refractivity contribution in [3.63, 3.8) is 0 Å². The summed E-state index contributed by atoms with van der Waals surface area (Å²) in [5.74, 6) is -0.709. The average molecular weight is 371 g/mol. The number of para-hydroxylation sites is 1. The Morgan fingerprint density at radius 2 is 2.08 bits per heavy atom. The van der Waals surface area contributed by atoms with Crippen LogP contribution in [0, 0.1) is 0 Å². The molecule has 3 aromatic rings. The third-order valence-corrected chi connectivity index (χ3v) is 4.74. The van der Waals surface area contributed by atoms with E-state index in [4.69, 9.17) is 0 Å². The van der Waals surface area contributed by atoms with Crippen LogP contribution in [0.2, 0.25) is 0 Å². The Hall–Kier alpha value is -3.00. The lowest BCUT2D eigenvalue weighted by Gasteiger charge is -2.08. The van der Waals surface area contributed by atoms with Crippen LogP contribution in [0.25, 0.3) is 10.9 Å². The summed E-state index contributed by atoms with van der Waals surface area (Å²) < 4.78 is 6.18. The number of fused-ring (bicyclic) bond motifs is 1. The summed E-state index contributed by atoms with van der Waals surface area (Å²) >= 11 is 1.21. The van der Waals surface area contributed by atoms with Crippen molar-refractivity contribution in [3.8, 4) is 0 Å². The highest BCUT2D eigenvalue weighted by atomic mass is 32.1. The molecule has 1 amide bonds. The van der Waals surface area contributed by atoms with Crippen LogP contribution < -0.4 is 10.9 Å². The first-order valence-corrected chi connectivity index (χ1v) is 8.88. The predicted octanol–water partition coefficient (Wildman–Crippen LogP) is 2.66. The van der Waals surface area contributed by atoms with Gasteiger partial charge in [0.2, 0.25) is 5.91 Å². The van der Waals surface area contributed by atoms with Crippen molar-refractivity contribution in [1.82, 2.24) is 9.55 Å². The molecule has 0 atom stereocenters. The summed E-state index contributed by atoms with van der Waals surface area (Å²) in [5, 5.41) is 4.97.